The van der Waals surface area contributed by atoms with Gasteiger partial charge in [-0.1, -0.05) is 36.4 Å². The van der Waals surface area contributed by atoms with Crippen LogP contribution in [0.25, 0.3) is 22.3 Å². The van der Waals surface area contributed by atoms with Gasteiger partial charge in [-0.3, -0.25) is 14.4 Å². The Labute approximate surface area is 201 Å². The predicted molar refractivity (Wildman–Crippen MR) is 133 cm³/mol. The molecule has 0 aliphatic heterocycles. The van der Waals surface area contributed by atoms with Crippen molar-refractivity contribution in [3.63, 3.8) is 0 Å². The molecule has 7 nitrogen and oxygen atoms in total. The van der Waals surface area contributed by atoms with Crippen LogP contribution < -0.4 is 10.7 Å². The van der Waals surface area contributed by atoms with Crippen LogP contribution in [0.2, 0.25) is 0 Å². The van der Waals surface area contributed by atoms with Crippen molar-refractivity contribution in [2.75, 3.05) is 5.32 Å². The molecule has 4 aromatic rings. The quantitative estimate of drug-likeness (QED) is 0.309. The normalized spacial score (nSPS) is 11.6. The fraction of sp³-hybridized carbons (Fsp3) is 0.143. The molecule has 35 heavy (non-hydrogen) atoms. The van der Waals surface area contributed by atoms with Crippen molar-refractivity contribution in [2.45, 2.75) is 26.9 Å². The van der Waals surface area contributed by atoms with E-state index in [0.717, 1.165) is 0 Å². The second-order valence-corrected chi connectivity index (χ2v) is 8.10. The number of para-hydroxylation sites is 1. The summed E-state index contributed by atoms with van der Waals surface area (Å²) in [5.74, 6) is -1.06. The fourth-order valence-corrected chi connectivity index (χ4v) is 3.64. The summed E-state index contributed by atoms with van der Waals surface area (Å²) in [4.78, 5) is 50.0. The van der Waals surface area contributed by atoms with Gasteiger partial charge in [-0.05, 0) is 57.2 Å². The second-order valence-electron chi connectivity index (χ2n) is 8.10. The van der Waals surface area contributed by atoms with E-state index in [1.807, 2.05) is 30.3 Å². The van der Waals surface area contributed by atoms with Crippen LogP contribution >= 0.6 is 0 Å². The number of esters is 1. The van der Waals surface area contributed by atoms with Crippen LogP contribution in [0.4, 0.5) is 5.69 Å². The maximum absolute atomic E-state index is 13.0. The number of carbonyl (C=O) groups is 3. The summed E-state index contributed by atoms with van der Waals surface area (Å²) in [6, 6.07) is 20.2. The average molecular weight is 469 g/mol. The molecular formula is C28H23NO6. The van der Waals surface area contributed by atoms with Gasteiger partial charge in [-0.2, -0.15) is 0 Å². The molecule has 4 rings (SSSR count). The van der Waals surface area contributed by atoms with E-state index in [2.05, 4.69) is 5.32 Å². The Morgan fingerprint density at radius 3 is 2.26 bits per heavy atom. The first-order valence-corrected chi connectivity index (χ1v) is 11.0. The van der Waals surface area contributed by atoms with Crippen LogP contribution in [0.5, 0.6) is 0 Å². The van der Waals surface area contributed by atoms with Crippen LogP contribution in [0.3, 0.4) is 0 Å². The smallest absolute Gasteiger partial charge is 0.342 e. The molecule has 1 N–H and O–H groups in total. The highest BCUT2D eigenvalue weighted by molar-refractivity contribution is 6.04. The minimum atomic E-state index is -1.13. The van der Waals surface area contributed by atoms with Gasteiger partial charge >= 0.3 is 5.97 Å². The van der Waals surface area contributed by atoms with Gasteiger partial charge in [0.2, 0.25) is 0 Å². The predicted octanol–water partition coefficient (Wildman–Crippen LogP) is 5.16. The standard InChI is InChI=1S/C28H23NO6/c1-16-24(31)22-10-7-11-23(26(22)35-25(16)20-8-5-4-6-9-20)28(33)34-18(3)27(32)29-21-14-12-19(13-15-21)17(2)30/h4-15,18H,1-3H3,(H,29,32). The van der Waals surface area contributed by atoms with E-state index in [4.69, 9.17) is 9.15 Å². The molecule has 0 saturated carbocycles. The van der Waals surface area contributed by atoms with E-state index in [9.17, 15) is 19.2 Å². The number of fused-ring (bicyclic) bond motifs is 1. The van der Waals surface area contributed by atoms with Crippen LogP contribution in [0, 0.1) is 6.92 Å². The van der Waals surface area contributed by atoms with E-state index in [1.54, 1.807) is 43.3 Å². The molecule has 7 heteroatoms. The Morgan fingerprint density at radius 1 is 0.914 bits per heavy atom. The van der Waals surface area contributed by atoms with Crippen molar-refractivity contribution in [3.8, 4) is 11.3 Å². The maximum atomic E-state index is 13.0. The lowest BCUT2D eigenvalue weighted by Gasteiger charge is -2.15. The van der Waals surface area contributed by atoms with Gasteiger partial charge in [0.1, 0.15) is 11.3 Å². The summed E-state index contributed by atoms with van der Waals surface area (Å²) in [5, 5.41) is 2.90. The molecule has 0 radical (unpaired) electrons. The second kappa shape index (κ2) is 9.77. The molecule has 1 heterocycles. The molecule has 0 spiro atoms. The number of ether oxygens (including phenoxy) is 1. The third-order valence-electron chi connectivity index (χ3n) is 5.61. The lowest BCUT2D eigenvalue weighted by molar-refractivity contribution is -0.123. The maximum Gasteiger partial charge on any atom is 0.342 e. The minimum Gasteiger partial charge on any atom is -0.455 e. The molecule has 0 aliphatic rings. The van der Waals surface area contributed by atoms with Crippen LogP contribution in [0.1, 0.15) is 40.1 Å². The van der Waals surface area contributed by atoms with Crippen molar-refractivity contribution in [1.29, 1.82) is 0 Å². The first-order valence-electron chi connectivity index (χ1n) is 11.0. The molecule has 1 atom stereocenters. The zero-order chi connectivity index (χ0) is 25.1. The van der Waals surface area contributed by atoms with Gasteiger partial charge in [0.15, 0.2) is 22.9 Å². The summed E-state index contributed by atoms with van der Waals surface area (Å²) in [6.07, 6.45) is -1.13. The Morgan fingerprint density at radius 2 is 1.60 bits per heavy atom. The Kier molecular flexibility index (Phi) is 6.59. The zero-order valence-electron chi connectivity index (χ0n) is 19.5. The number of carbonyl (C=O) groups excluding carboxylic acids is 3. The molecule has 0 bridgehead atoms. The molecule has 176 valence electrons. The molecule has 1 amide bonds. The van der Waals surface area contributed by atoms with E-state index in [-0.39, 0.29) is 27.7 Å². The SMILES string of the molecule is CC(=O)c1ccc(NC(=O)C(C)OC(=O)c2cccc3c(=O)c(C)c(-c4ccccc4)oc23)cc1. The molecule has 0 aliphatic carbocycles. The molecule has 0 fully saturated rings. The number of anilines is 1. The molecule has 1 aromatic heterocycles. The Balaban J connectivity index is 1.59. The highest BCUT2D eigenvalue weighted by atomic mass is 16.5. The topological polar surface area (TPSA) is 103 Å². The third-order valence-corrected chi connectivity index (χ3v) is 5.61. The Hall–Kier alpha value is -4.52. The first kappa shape index (κ1) is 23.6. The van der Waals surface area contributed by atoms with Crippen molar-refractivity contribution in [2.24, 2.45) is 0 Å². The van der Waals surface area contributed by atoms with Gasteiger partial charge in [-0.25, -0.2) is 4.79 Å². The number of hydrogen-bond donors (Lipinski definition) is 1. The Bertz CT molecular complexity index is 1490. The third kappa shape index (κ3) is 4.89. The monoisotopic (exact) mass is 469 g/mol. The van der Waals surface area contributed by atoms with E-state index < -0.39 is 18.0 Å². The van der Waals surface area contributed by atoms with Gasteiger partial charge in [0.25, 0.3) is 5.91 Å². The van der Waals surface area contributed by atoms with E-state index in [0.29, 0.717) is 28.1 Å². The minimum absolute atomic E-state index is 0.0437. The first-order chi connectivity index (χ1) is 16.8. The average Bonchev–Trinajstić information content (AvgIpc) is 2.86. The van der Waals surface area contributed by atoms with E-state index >= 15 is 0 Å². The zero-order valence-corrected chi connectivity index (χ0v) is 19.5. The summed E-state index contributed by atoms with van der Waals surface area (Å²) in [7, 11) is 0. The number of ketones is 1. The van der Waals surface area contributed by atoms with Crippen molar-refractivity contribution >= 4 is 34.3 Å². The summed E-state index contributed by atoms with van der Waals surface area (Å²) in [6.45, 7) is 4.57. The number of hydrogen-bond acceptors (Lipinski definition) is 6. The number of amides is 1. The lowest BCUT2D eigenvalue weighted by atomic mass is 10.0. The van der Waals surface area contributed by atoms with Crippen LogP contribution in [0.15, 0.2) is 82.0 Å². The lowest BCUT2D eigenvalue weighted by Crippen LogP contribution is -2.30. The van der Waals surface area contributed by atoms with Crippen LogP contribution in [-0.2, 0) is 9.53 Å². The van der Waals surface area contributed by atoms with Crippen molar-refractivity contribution in [1.82, 2.24) is 0 Å². The van der Waals surface area contributed by atoms with Crippen LogP contribution in [-0.4, -0.2) is 23.8 Å². The number of Topliss-reactive ketones (excluding diaryl/α,β-unsaturated/α-hetero) is 1. The highest BCUT2D eigenvalue weighted by Gasteiger charge is 2.23. The molecular weight excluding hydrogens is 446 g/mol. The number of rotatable bonds is 6. The number of nitrogens with one attached hydrogen (secondary N) is 1. The summed E-state index contributed by atoms with van der Waals surface area (Å²) in [5.41, 5.74) is 2.00. The number of benzene rings is 3. The van der Waals surface area contributed by atoms with Gasteiger partial charge in [-0.15, -0.1) is 0 Å². The largest absolute Gasteiger partial charge is 0.455 e. The van der Waals surface area contributed by atoms with Gasteiger partial charge in [0.05, 0.1) is 5.39 Å². The van der Waals surface area contributed by atoms with Gasteiger partial charge < -0.3 is 14.5 Å². The van der Waals surface area contributed by atoms with E-state index in [1.165, 1.54) is 19.9 Å². The van der Waals surface area contributed by atoms with Crippen molar-refractivity contribution < 1.29 is 23.5 Å². The molecule has 0 saturated heterocycles. The molecule has 1 unspecified atom stereocenters. The highest BCUT2D eigenvalue weighted by Crippen LogP contribution is 2.27. The summed E-state index contributed by atoms with van der Waals surface area (Å²) >= 11 is 0. The molecule has 3 aromatic carbocycles. The summed E-state index contributed by atoms with van der Waals surface area (Å²) < 4.78 is 11.4. The fourth-order valence-electron chi connectivity index (χ4n) is 3.64. The van der Waals surface area contributed by atoms with Crippen molar-refractivity contribution in [3.05, 3.63) is 99.7 Å². The van der Waals surface area contributed by atoms with Gasteiger partial charge in [0, 0.05) is 22.4 Å².